The molecule has 0 saturated carbocycles. The van der Waals surface area contributed by atoms with E-state index in [1.165, 1.54) is 41.3 Å². The van der Waals surface area contributed by atoms with Crippen molar-refractivity contribution in [3.8, 4) is 11.5 Å². The monoisotopic (exact) mass is 458 g/mol. The van der Waals surface area contributed by atoms with Crippen molar-refractivity contribution in [1.82, 2.24) is 4.90 Å². The van der Waals surface area contributed by atoms with E-state index in [1.807, 2.05) is 12.1 Å². The first-order chi connectivity index (χ1) is 15.3. The summed E-state index contributed by atoms with van der Waals surface area (Å²) in [5, 5.41) is 0. The fourth-order valence-electron chi connectivity index (χ4n) is 2.88. The molecule has 0 bridgehead atoms. The van der Waals surface area contributed by atoms with Gasteiger partial charge in [0.05, 0.1) is 18.6 Å². The molecule has 32 heavy (non-hydrogen) atoms. The van der Waals surface area contributed by atoms with Crippen LogP contribution in [0.5, 0.6) is 11.5 Å². The lowest BCUT2D eigenvalue weighted by Gasteiger charge is -2.18. The molecule has 0 atom stereocenters. The molecule has 0 aliphatic carbocycles. The first-order valence-corrected chi connectivity index (χ1v) is 11.2. The highest BCUT2D eigenvalue weighted by Gasteiger charge is 2.18. The number of amides is 1. The number of carbonyl (C=O) groups is 1. The van der Waals surface area contributed by atoms with Gasteiger partial charge in [0.25, 0.3) is 15.9 Å². The third-order valence-electron chi connectivity index (χ3n) is 4.59. The summed E-state index contributed by atoms with van der Waals surface area (Å²) >= 11 is 0. The van der Waals surface area contributed by atoms with Crippen LogP contribution in [0.3, 0.4) is 0 Å². The van der Waals surface area contributed by atoms with Crippen LogP contribution in [0.15, 0.2) is 77.7 Å². The van der Waals surface area contributed by atoms with Crippen molar-refractivity contribution in [3.63, 3.8) is 0 Å². The molecule has 3 aromatic rings. The molecule has 0 unspecified atom stereocenters. The zero-order chi connectivity index (χ0) is 23.1. The van der Waals surface area contributed by atoms with E-state index in [4.69, 9.17) is 9.47 Å². The number of rotatable bonds is 9. The van der Waals surface area contributed by atoms with Crippen LogP contribution in [0.25, 0.3) is 0 Å². The average Bonchev–Trinajstić information content (AvgIpc) is 2.80. The van der Waals surface area contributed by atoms with Crippen LogP contribution in [0, 0.1) is 5.82 Å². The van der Waals surface area contributed by atoms with E-state index in [1.54, 1.807) is 26.3 Å². The molecule has 9 heteroatoms. The average molecular weight is 459 g/mol. The summed E-state index contributed by atoms with van der Waals surface area (Å²) in [4.78, 5) is 14.1. The molecule has 1 N–H and O–H groups in total. The number of hydrogen-bond acceptors (Lipinski definition) is 5. The number of para-hydroxylation sites is 2. The normalized spacial score (nSPS) is 11.0. The molecule has 0 heterocycles. The first-order valence-electron chi connectivity index (χ1n) is 9.70. The van der Waals surface area contributed by atoms with Gasteiger partial charge in [0.2, 0.25) is 0 Å². The first kappa shape index (κ1) is 23.1. The van der Waals surface area contributed by atoms with Crippen molar-refractivity contribution in [2.24, 2.45) is 0 Å². The minimum atomic E-state index is -3.95. The predicted molar refractivity (Wildman–Crippen MR) is 119 cm³/mol. The Hall–Kier alpha value is -3.59. The summed E-state index contributed by atoms with van der Waals surface area (Å²) in [7, 11) is -0.802. The molecule has 0 spiro atoms. The van der Waals surface area contributed by atoms with E-state index in [9.17, 15) is 17.6 Å². The predicted octanol–water partition coefficient (Wildman–Crippen LogP) is 3.79. The molecule has 0 aliphatic rings. The van der Waals surface area contributed by atoms with Gasteiger partial charge in [-0.15, -0.1) is 0 Å². The van der Waals surface area contributed by atoms with Gasteiger partial charge in [0, 0.05) is 18.3 Å². The van der Waals surface area contributed by atoms with Gasteiger partial charge in [-0.1, -0.05) is 18.2 Å². The smallest absolute Gasteiger partial charge is 0.261 e. The Morgan fingerprint density at radius 1 is 1.00 bits per heavy atom. The van der Waals surface area contributed by atoms with Crippen LogP contribution < -0.4 is 14.2 Å². The fourth-order valence-corrected chi connectivity index (χ4v) is 3.98. The molecule has 3 aromatic carbocycles. The number of ether oxygens (including phenoxy) is 2. The minimum absolute atomic E-state index is 0.0775. The van der Waals surface area contributed by atoms with Crippen LogP contribution in [-0.2, 0) is 10.0 Å². The molecule has 168 valence electrons. The Morgan fingerprint density at radius 2 is 1.69 bits per heavy atom. The number of nitrogens with zero attached hydrogens (tertiary/aromatic N) is 1. The van der Waals surface area contributed by atoms with E-state index < -0.39 is 15.8 Å². The Balaban J connectivity index is 1.65. The highest BCUT2D eigenvalue weighted by atomic mass is 32.2. The van der Waals surface area contributed by atoms with E-state index in [-0.39, 0.29) is 35.2 Å². The standard InChI is InChI=1S/C23H23FN2O5S/c1-26(14-15-31-22-9-4-3-8-21(22)30-2)23(27)17-6-5-7-20(16-17)32(28,29)25-19-12-10-18(24)11-13-19/h3-13,16,25H,14-15H2,1-2H3. The van der Waals surface area contributed by atoms with Gasteiger partial charge in [0.15, 0.2) is 11.5 Å². The molecule has 0 radical (unpaired) electrons. The third kappa shape index (κ3) is 5.76. The van der Waals surface area contributed by atoms with Crippen molar-refractivity contribution < 1.29 is 27.1 Å². The van der Waals surface area contributed by atoms with E-state index in [2.05, 4.69) is 4.72 Å². The van der Waals surface area contributed by atoms with Crippen LogP contribution >= 0.6 is 0 Å². The molecule has 0 saturated heterocycles. The molecule has 1 amide bonds. The van der Waals surface area contributed by atoms with Gasteiger partial charge >= 0.3 is 0 Å². The SMILES string of the molecule is COc1ccccc1OCCN(C)C(=O)c1cccc(S(=O)(=O)Nc2ccc(F)cc2)c1. The second-order valence-electron chi connectivity index (χ2n) is 6.87. The number of benzene rings is 3. The van der Waals surface area contributed by atoms with E-state index in [0.29, 0.717) is 11.5 Å². The van der Waals surface area contributed by atoms with Gasteiger partial charge < -0.3 is 14.4 Å². The number of likely N-dealkylation sites (N-methyl/N-ethyl adjacent to an activating group) is 1. The fraction of sp³-hybridized carbons (Fsp3) is 0.174. The summed E-state index contributed by atoms with van der Waals surface area (Å²) in [6.45, 7) is 0.508. The number of carbonyl (C=O) groups excluding carboxylic acids is 1. The second kappa shape index (κ2) is 10.1. The van der Waals surface area contributed by atoms with Crippen molar-refractivity contribution in [2.45, 2.75) is 4.90 Å². The summed E-state index contributed by atoms with van der Waals surface area (Å²) in [5.74, 6) is 0.328. The maximum atomic E-state index is 13.0. The van der Waals surface area contributed by atoms with Crippen molar-refractivity contribution in [3.05, 3.63) is 84.2 Å². The highest BCUT2D eigenvalue weighted by Crippen LogP contribution is 2.25. The van der Waals surface area contributed by atoms with E-state index >= 15 is 0 Å². The number of halogens is 1. The van der Waals surface area contributed by atoms with Crippen LogP contribution in [0.1, 0.15) is 10.4 Å². The molecular formula is C23H23FN2O5S. The van der Waals surface area contributed by atoms with Crippen molar-refractivity contribution in [2.75, 3.05) is 32.0 Å². The molecule has 0 fully saturated rings. The van der Waals surface area contributed by atoms with Crippen LogP contribution in [0.4, 0.5) is 10.1 Å². The number of anilines is 1. The molecule has 3 rings (SSSR count). The zero-order valence-corrected chi connectivity index (χ0v) is 18.4. The molecule has 0 aromatic heterocycles. The molecule has 7 nitrogen and oxygen atoms in total. The van der Waals surface area contributed by atoms with Gasteiger partial charge in [0.1, 0.15) is 12.4 Å². The minimum Gasteiger partial charge on any atom is -0.493 e. The lowest BCUT2D eigenvalue weighted by atomic mass is 10.2. The lowest BCUT2D eigenvalue weighted by Crippen LogP contribution is -2.31. The van der Waals surface area contributed by atoms with Crippen molar-refractivity contribution >= 4 is 21.6 Å². The summed E-state index contributed by atoms with van der Waals surface area (Å²) < 4.78 is 51.6. The van der Waals surface area contributed by atoms with Gasteiger partial charge in [-0.2, -0.15) is 0 Å². The molecular weight excluding hydrogens is 435 g/mol. The van der Waals surface area contributed by atoms with Crippen molar-refractivity contribution in [1.29, 1.82) is 0 Å². The van der Waals surface area contributed by atoms with Crippen LogP contribution in [-0.4, -0.2) is 46.5 Å². The quantitative estimate of drug-likeness (QED) is 0.528. The maximum absolute atomic E-state index is 13.0. The number of nitrogens with one attached hydrogen (secondary N) is 1. The summed E-state index contributed by atoms with van der Waals surface area (Å²) in [6, 6.07) is 17.8. The van der Waals surface area contributed by atoms with E-state index in [0.717, 1.165) is 12.1 Å². The van der Waals surface area contributed by atoms with Crippen LogP contribution in [0.2, 0.25) is 0 Å². The number of methoxy groups -OCH3 is 1. The number of sulfonamides is 1. The maximum Gasteiger partial charge on any atom is 0.261 e. The Kier molecular flexibility index (Phi) is 7.32. The lowest BCUT2D eigenvalue weighted by molar-refractivity contribution is 0.0773. The van der Waals surface area contributed by atoms with Gasteiger partial charge in [-0.05, 0) is 54.6 Å². The Bertz CT molecular complexity index is 1180. The van der Waals surface area contributed by atoms with Gasteiger partial charge in [-0.25, -0.2) is 12.8 Å². The summed E-state index contributed by atoms with van der Waals surface area (Å²) in [5.41, 5.74) is 0.431. The topological polar surface area (TPSA) is 84.9 Å². The summed E-state index contributed by atoms with van der Waals surface area (Å²) in [6.07, 6.45) is 0. The largest absolute Gasteiger partial charge is 0.493 e. The van der Waals surface area contributed by atoms with Gasteiger partial charge in [-0.3, -0.25) is 9.52 Å². The number of hydrogen-bond donors (Lipinski definition) is 1. The highest BCUT2D eigenvalue weighted by molar-refractivity contribution is 7.92. The Morgan fingerprint density at radius 3 is 2.38 bits per heavy atom. The zero-order valence-electron chi connectivity index (χ0n) is 17.6. The third-order valence-corrected chi connectivity index (χ3v) is 5.97. The molecule has 0 aliphatic heterocycles. The Labute approximate surface area is 186 Å². The second-order valence-corrected chi connectivity index (χ2v) is 8.55.